The normalized spacial score (nSPS) is 48.5. The van der Waals surface area contributed by atoms with E-state index in [0.29, 0.717) is 37.9 Å². The highest BCUT2D eigenvalue weighted by molar-refractivity contribution is 5.82. The zero-order valence-corrected chi connectivity index (χ0v) is 18.9. The average Bonchev–Trinajstić information content (AvgIpc) is 2.73. The number of hydrogen-bond donors (Lipinski definition) is 0. The Bertz CT molecular complexity index is 581. The molecule has 0 amide bonds. The highest BCUT2D eigenvalue weighted by Gasteiger charge is 2.47. The summed E-state index contributed by atoms with van der Waals surface area (Å²) in [5.74, 6) is 1.10. The van der Waals surface area contributed by atoms with Gasteiger partial charge in [0, 0.05) is 24.7 Å². The quantitative estimate of drug-likeness (QED) is 0.695. The molecule has 0 unspecified atom stereocenters. The van der Waals surface area contributed by atoms with Gasteiger partial charge in [-0.1, -0.05) is 27.7 Å². The molecule has 0 aromatic heterocycles. The monoisotopic (exact) mass is 422 g/mol. The third-order valence-electron chi connectivity index (χ3n) is 7.97. The molecule has 0 saturated carbocycles. The van der Waals surface area contributed by atoms with Crippen molar-refractivity contribution in [1.29, 1.82) is 0 Å². The first kappa shape index (κ1) is 22.4. The minimum atomic E-state index is -0.157. The molecule has 4 aliphatic heterocycles. The van der Waals surface area contributed by atoms with Crippen molar-refractivity contribution in [2.24, 2.45) is 23.7 Å². The summed E-state index contributed by atoms with van der Waals surface area (Å²) < 4.78 is 25.3. The van der Waals surface area contributed by atoms with Crippen molar-refractivity contribution in [1.82, 2.24) is 0 Å². The van der Waals surface area contributed by atoms with Crippen LogP contribution in [0.25, 0.3) is 0 Å². The number of Topliss-reactive ketones (excluding diaryl/α,β-unsaturated/α-hetero) is 2. The van der Waals surface area contributed by atoms with Gasteiger partial charge in [0.1, 0.15) is 11.6 Å². The van der Waals surface area contributed by atoms with Gasteiger partial charge in [0.15, 0.2) is 0 Å². The fourth-order valence-electron chi connectivity index (χ4n) is 5.84. The van der Waals surface area contributed by atoms with Gasteiger partial charge in [-0.3, -0.25) is 9.59 Å². The number of carbonyl (C=O) groups excluding carboxylic acids is 2. The van der Waals surface area contributed by atoms with E-state index in [1.54, 1.807) is 0 Å². The maximum absolute atomic E-state index is 12.2. The number of ketones is 2. The Morgan fingerprint density at radius 2 is 1.00 bits per heavy atom. The smallest absolute Gasteiger partial charge is 0.140 e. The van der Waals surface area contributed by atoms with Gasteiger partial charge in [-0.15, -0.1) is 0 Å². The Labute approximate surface area is 180 Å². The largest absolute Gasteiger partial charge is 0.374 e. The minimum Gasteiger partial charge on any atom is -0.374 e. The van der Waals surface area contributed by atoms with Gasteiger partial charge >= 0.3 is 0 Å². The second kappa shape index (κ2) is 9.35. The summed E-state index contributed by atoms with van der Waals surface area (Å²) in [7, 11) is 0. The van der Waals surface area contributed by atoms with Gasteiger partial charge in [-0.05, 0) is 37.5 Å². The maximum Gasteiger partial charge on any atom is 0.140 e. The predicted octanol–water partition coefficient (Wildman–Crippen LogP) is 3.34. The van der Waals surface area contributed by atoms with Crippen molar-refractivity contribution < 1.29 is 28.5 Å². The third-order valence-corrected chi connectivity index (χ3v) is 7.97. The van der Waals surface area contributed by atoms with E-state index in [1.807, 2.05) is 13.8 Å². The Morgan fingerprint density at radius 1 is 0.600 bits per heavy atom. The topological polar surface area (TPSA) is 71.1 Å². The molecule has 0 aliphatic carbocycles. The van der Waals surface area contributed by atoms with Crippen molar-refractivity contribution in [3.05, 3.63) is 0 Å². The summed E-state index contributed by atoms with van der Waals surface area (Å²) in [4.78, 5) is 24.4. The molecule has 0 radical (unpaired) electrons. The highest BCUT2D eigenvalue weighted by Crippen LogP contribution is 2.40. The van der Waals surface area contributed by atoms with E-state index in [1.165, 1.54) is 0 Å². The fourth-order valence-corrected chi connectivity index (χ4v) is 5.84. The average molecular weight is 423 g/mol. The molecule has 6 nitrogen and oxygen atoms in total. The zero-order chi connectivity index (χ0) is 21.4. The summed E-state index contributed by atoms with van der Waals surface area (Å²) in [6.07, 6.45) is 4.45. The van der Waals surface area contributed by atoms with Crippen LogP contribution in [0.3, 0.4) is 0 Å². The predicted molar refractivity (Wildman–Crippen MR) is 111 cm³/mol. The minimum absolute atomic E-state index is 0.0241. The molecule has 6 heteroatoms. The van der Waals surface area contributed by atoms with Crippen molar-refractivity contribution in [2.75, 3.05) is 13.2 Å². The van der Waals surface area contributed by atoms with Crippen molar-refractivity contribution in [3.63, 3.8) is 0 Å². The van der Waals surface area contributed by atoms with Crippen LogP contribution in [0, 0.1) is 23.7 Å². The van der Waals surface area contributed by atoms with Gasteiger partial charge in [-0.25, -0.2) is 0 Å². The van der Waals surface area contributed by atoms with E-state index in [2.05, 4.69) is 13.8 Å². The van der Waals surface area contributed by atoms with Gasteiger partial charge in [0.2, 0.25) is 0 Å². The lowest BCUT2D eigenvalue weighted by Gasteiger charge is -2.48. The van der Waals surface area contributed by atoms with Crippen LogP contribution in [-0.2, 0) is 28.5 Å². The first-order chi connectivity index (χ1) is 14.4. The number of ether oxygens (including phenoxy) is 4. The lowest BCUT2D eigenvalue weighted by atomic mass is 9.79. The fraction of sp³-hybridized carbons (Fsp3) is 0.917. The van der Waals surface area contributed by atoms with Crippen LogP contribution in [0.1, 0.15) is 66.2 Å². The zero-order valence-electron chi connectivity index (χ0n) is 18.9. The molecule has 30 heavy (non-hydrogen) atoms. The van der Waals surface area contributed by atoms with Crippen LogP contribution >= 0.6 is 0 Å². The number of rotatable bonds is 3. The summed E-state index contributed by atoms with van der Waals surface area (Å²) in [5, 5.41) is 0. The molecule has 4 saturated heterocycles. The molecule has 0 aromatic rings. The van der Waals surface area contributed by atoms with E-state index in [9.17, 15) is 9.59 Å². The Kier molecular flexibility index (Phi) is 6.98. The van der Waals surface area contributed by atoms with Gasteiger partial charge in [0.05, 0.1) is 49.8 Å². The second-order valence-corrected chi connectivity index (χ2v) is 10.1. The Hall–Kier alpha value is -0.820. The molecular formula is C24H38O6. The van der Waals surface area contributed by atoms with E-state index in [4.69, 9.17) is 18.9 Å². The van der Waals surface area contributed by atoms with Crippen molar-refractivity contribution >= 4 is 11.6 Å². The van der Waals surface area contributed by atoms with Crippen LogP contribution in [0.4, 0.5) is 0 Å². The number of carbonyl (C=O) groups is 2. The van der Waals surface area contributed by atoms with E-state index < -0.39 is 0 Å². The van der Waals surface area contributed by atoms with Gasteiger partial charge in [0.25, 0.3) is 0 Å². The lowest BCUT2D eigenvalue weighted by molar-refractivity contribution is -0.237. The standard InChI is InChI=1S/C24H38O6/c1-13-5-7-19(23-15(3)17(25)9-11-27-23)29-21(13)22-14(2)6-8-20(30-22)24-16(4)18(26)10-12-28-24/h13-16,19-24H,5-12H2,1-4H3/t13-,14-,15-,16+,19+,20+,21-,22-,23+,24+/m0/s1. The van der Waals surface area contributed by atoms with E-state index in [-0.39, 0.29) is 60.0 Å². The molecule has 0 N–H and O–H groups in total. The lowest BCUT2D eigenvalue weighted by Crippen LogP contribution is -2.56. The summed E-state index contributed by atoms with van der Waals surface area (Å²) in [6.45, 7) is 9.41. The molecule has 0 spiro atoms. The SMILES string of the molecule is C[C@@H]1C(=O)CCO[C@H]1[C@H]1CC[C@H](C)[C@@H]([C@H]2O[C@@H]([C@@H]3OCCC(=O)[C@@H]3C)CC[C@@H]2C)O1. The van der Waals surface area contributed by atoms with E-state index in [0.717, 1.165) is 25.7 Å². The Morgan fingerprint density at radius 3 is 1.40 bits per heavy atom. The van der Waals surface area contributed by atoms with Crippen LogP contribution in [0.2, 0.25) is 0 Å². The third kappa shape index (κ3) is 4.38. The van der Waals surface area contributed by atoms with Crippen LogP contribution in [0.15, 0.2) is 0 Å². The first-order valence-electron chi connectivity index (χ1n) is 12.0. The Balaban J connectivity index is 1.46. The molecular weight excluding hydrogens is 384 g/mol. The van der Waals surface area contributed by atoms with Crippen LogP contribution < -0.4 is 0 Å². The maximum atomic E-state index is 12.2. The van der Waals surface area contributed by atoms with Gasteiger partial charge in [-0.2, -0.15) is 0 Å². The molecule has 4 aliphatic rings. The van der Waals surface area contributed by atoms with Crippen molar-refractivity contribution in [3.8, 4) is 0 Å². The summed E-state index contributed by atoms with van der Waals surface area (Å²) in [5.41, 5.74) is 0. The second-order valence-electron chi connectivity index (χ2n) is 10.1. The first-order valence-corrected chi connectivity index (χ1v) is 12.0. The van der Waals surface area contributed by atoms with Crippen LogP contribution in [-0.4, -0.2) is 61.4 Å². The van der Waals surface area contributed by atoms with Crippen LogP contribution in [0.5, 0.6) is 0 Å². The molecule has 0 bridgehead atoms. The van der Waals surface area contributed by atoms with E-state index >= 15 is 0 Å². The highest BCUT2D eigenvalue weighted by atomic mass is 16.6. The molecule has 4 fully saturated rings. The summed E-state index contributed by atoms with van der Waals surface area (Å²) >= 11 is 0. The molecule has 4 heterocycles. The molecule has 4 rings (SSSR count). The molecule has 170 valence electrons. The van der Waals surface area contributed by atoms with Gasteiger partial charge < -0.3 is 18.9 Å². The molecule has 10 atom stereocenters. The number of hydrogen-bond acceptors (Lipinski definition) is 6. The molecule has 0 aromatic carbocycles. The van der Waals surface area contributed by atoms with Crippen molar-refractivity contribution in [2.45, 2.75) is 103 Å². The summed E-state index contributed by atoms with van der Waals surface area (Å²) in [6, 6.07) is 0.